The van der Waals surface area contributed by atoms with E-state index in [0.717, 1.165) is 0 Å². The third kappa shape index (κ3) is 4.12. The molecule has 0 amide bonds. The van der Waals surface area contributed by atoms with E-state index in [1.807, 2.05) is 0 Å². The molecule has 54 valence electrons. The van der Waals surface area contributed by atoms with Crippen LogP contribution in [0.15, 0.2) is 0 Å². The van der Waals surface area contributed by atoms with Gasteiger partial charge in [0.05, 0.1) is 0 Å². The van der Waals surface area contributed by atoms with Gasteiger partial charge in [-0.3, -0.25) is 0 Å². The van der Waals surface area contributed by atoms with Gasteiger partial charge in [0.15, 0.2) is 0 Å². The van der Waals surface area contributed by atoms with Crippen molar-refractivity contribution in [2.24, 2.45) is 17.4 Å². The maximum atomic E-state index is 10.5. The Morgan fingerprint density at radius 1 is 1.44 bits per heavy atom. The first kappa shape index (κ1) is 8.59. The predicted octanol–water partition coefficient (Wildman–Crippen LogP) is -0.501. The number of carbonyl (C=O) groups excluding carboxylic acids is 1. The molecule has 0 heterocycles. The third-order valence-corrected chi connectivity index (χ3v) is 1.24. The minimum atomic E-state index is 0.163. The molecule has 0 aliphatic carbocycles. The molecule has 0 spiro atoms. The molecule has 0 saturated carbocycles. The Morgan fingerprint density at radius 2 is 1.89 bits per heavy atom. The lowest BCUT2D eigenvalue weighted by Crippen LogP contribution is -2.24. The van der Waals surface area contributed by atoms with Crippen LogP contribution in [-0.4, -0.2) is 18.9 Å². The summed E-state index contributed by atoms with van der Waals surface area (Å²) < 4.78 is 0. The van der Waals surface area contributed by atoms with E-state index in [0.29, 0.717) is 19.5 Å². The van der Waals surface area contributed by atoms with Crippen molar-refractivity contribution in [2.75, 3.05) is 13.1 Å². The molecule has 0 atom stereocenters. The summed E-state index contributed by atoms with van der Waals surface area (Å²) in [5, 5.41) is 0. The monoisotopic (exact) mass is 130 g/mol. The quantitative estimate of drug-likeness (QED) is 0.539. The predicted molar refractivity (Wildman–Crippen MR) is 36.9 cm³/mol. The van der Waals surface area contributed by atoms with Gasteiger partial charge in [-0.15, -0.1) is 0 Å². The van der Waals surface area contributed by atoms with E-state index in [2.05, 4.69) is 0 Å². The van der Waals surface area contributed by atoms with E-state index in [-0.39, 0.29) is 11.7 Å². The van der Waals surface area contributed by atoms with E-state index >= 15 is 0 Å². The van der Waals surface area contributed by atoms with Gasteiger partial charge >= 0.3 is 0 Å². The van der Waals surface area contributed by atoms with E-state index in [1.54, 1.807) is 6.92 Å². The maximum absolute atomic E-state index is 10.5. The highest BCUT2D eigenvalue weighted by Gasteiger charge is 2.05. The van der Waals surface area contributed by atoms with E-state index < -0.39 is 0 Å². The van der Waals surface area contributed by atoms with Gasteiger partial charge in [0.25, 0.3) is 0 Å². The number of nitrogens with two attached hydrogens (primary N) is 2. The molecule has 0 aromatic heterocycles. The molecule has 0 aromatic rings. The zero-order valence-corrected chi connectivity index (χ0v) is 5.76. The summed E-state index contributed by atoms with van der Waals surface area (Å²) in [6, 6.07) is 0. The summed E-state index contributed by atoms with van der Waals surface area (Å²) in [6.07, 6.45) is 0.521. The first-order valence-corrected chi connectivity index (χ1v) is 3.10. The molecule has 0 aliphatic heterocycles. The largest absolute Gasteiger partial charge is 0.330 e. The molecule has 0 aromatic carbocycles. The van der Waals surface area contributed by atoms with Crippen molar-refractivity contribution < 1.29 is 4.79 Å². The Kier molecular flexibility index (Phi) is 4.26. The molecule has 3 heteroatoms. The Hall–Kier alpha value is -0.410. The molecule has 0 saturated heterocycles. The fraction of sp³-hybridized carbons (Fsp3) is 0.833. The Balaban J connectivity index is 3.43. The average Bonchev–Trinajstić information content (AvgIpc) is 1.82. The van der Waals surface area contributed by atoms with Gasteiger partial charge in [0.2, 0.25) is 0 Å². The van der Waals surface area contributed by atoms with Crippen molar-refractivity contribution >= 4 is 5.78 Å². The minimum absolute atomic E-state index is 0.163. The van der Waals surface area contributed by atoms with Crippen LogP contribution in [0.1, 0.15) is 13.3 Å². The van der Waals surface area contributed by atoms with Crippen molar-refractivity contribution in [3.63, 3.8) is 0 Å². The molecule has 0 radical (unpaired) electrons. The molecular weight excluding hydrogens is 116 g/mol. The van der Waals surface area contributed by atoms with Crippen molar-refractivity contribution in [3.8, 4) is 0 Å². The lowest BCUT2D eigenvalue weighted by molar-refractivity contribution is -0.117. The Bertz CT molecular complexity index is 89.1. The topological polar surface area (TPSA) is 69.1 Å². The number of rotatable bonds is 4. The van der Waals surface area contributed by atoms with Crippen LogP contribution in [0.4, 0.5) is 0 Å². The highest BCUT2D eigenvalue weighted by atomic mass is 16.1. The fourth-order valence-corrected chi connectivity index (χ4v) is 0.669. The molecule has 0 bridgehead atoms. The molecule has 0 fully saturated rings. The van der Waals surface area contributed by atoms with Gasteiger partial charge in [-0.25, -0.2) is 0 Å². The van der Waals surface area contributed by atoms with Crippen LogP contribution in [0.25, 0.3) is 0 Å². The number of ketones is 1. The lowest BCUT2D eigenvalue weighted by Gasteiger charge is -2.07. The van der Waals surface area contributed by atoms with Crippen LogP contribution in [0.2, 0.25) is 0 Å². The summed E-state index contributed by atoms with van der Waals surface area (Å²) in [6.45, 7) is 2.57. The first-order valence-electron chi connectivity index (χ1n) is 3.10. The van der Waals surface area contributed by atoms with Crippen LogP contribution in [0, 0.1) is 5.92 Å². The van der Waals surface area contributed by atoms with Crippen molar-refractivity contribution in [1.29, 1.82) is 0 Å². The summed E-state index contributed by atoms with van der Waals surface area (Å²) in [7, 11) is 0. The van der Waals surface area contributed by atoms with Crippen LogP contribution in [-0.2, 0) is 4.79 Å². The van der Waals surface area contributed by atoms with Gasteiger partial charge in [0.1, 0.15) is 5.78 Å². The number of hydrogen-bond donors (Lipinski definition) is 2. The molecule has 4 N–H and O–H groups in total. The van der Waals surface area contributed by atoms with Gasteiger partial charge in [-0.2, -0.15) is 0 Å². The fourth-order valence-electron chi connectivity index (χ4n) is 0.669. The summed E-state index contributed by atoms with van der Waals surface area (Å²) in [4.78, 5) is 10.5. The first-order chi connectivity index (χ1) is 4.20. The second-order valence-electron chi connectivity index (χ2n) is 2.24. The highest BCUT2D eigenvalue weighted by Crippen LogP contribution is 1.97. The third-order valence-electron chi connectivity index (χ3n) is 1.24. The molecule has 0 aliphatic rings. The van der Waals surface area contributed by atoms with Crippen LogP contribution < -0.4 is 11.5 Å². The number of Topliss-reactive ketones (excluding diaryl/α,β-unsaturated/α-hetero) is 1. The second-order valence-corrected chi connectivity index (χ2v) is 2.24. The van der Waals surface area contributed by atoms with E-state index in [9.17, 15) is 4.79 Å². The summed E-state index contributed by atoms with van der Waals surface area (Å²) in [5.41, 5.74) is 10.6. The second kappa shape index (κ2) is 4.47. The minimum Gasteiger partial charge on any atom is -0.330 e. The standard InChI is InChI=1S/C6H14N2O/c1-5(9)2-6(3-7)4-8/h6H,2-4,7-8H2,1H3. The lowest BCUT2D eigenvalue weighted by atomic mass is 10.0. The smallest absolute Gasteiger partial charge is 0.130 e. The van der Waals surface area contributed by atoms with Crippen molar-refractivity contribution in [1.82, 2.24) is 0 Å². The maximum Gasteiger partial charge on any atom is 0.130 e. The zero-order valence-electron chi connectivity index (χ0n) is 5.76. The van der Waals surface area contributed by atoms with E-state index in [1.165, 1.54) is 0 Å². The normalized spacial score (nSPS) is 10.2. The highest BCUT2D eigenvalue weighted by molar-refractivity contribution is 5.75. The van der Waals surface area contributed by atoms with Gasteiger partial charge in [-0.05, 0) is 25.9 Å². The van der Waals surface area contributed by atoms with Crippen molar-refractivity contribution in [2.45, 2.75) is 13.3 Å². The van der Waals surface area contributed by atoms with E-state index in [4.69, 9.17) is 11.5 Å². The summed E-state index contributed by atoms with van der Waals surface area (Å²) >= 11 is 0. The number of carbonyl (C=O) groups is 1. The molecule has 9 heavy (non-hydrogen) atoms. The van der Waals surface area contributed by atoms with Crippen molar-refractivity contribution in [3.05, 3.63) is 0 Å². The summed E-state index contributed by atoms with van der Waals surface area (Å²) in [5.74, 6) is 0.346. The molecule has 3 nitrogen and oxygen atoms in total. The Morgan fingerprint density at radius 3 is 2.00 bits per heavy atom. The molecule has 0 unspecified atom stereocenters. The Labute approximate surface area is 55.4 Å². The SMILES string of the molecule is CC(=O)CC(CN)CN. The van der Waals surface area contributed by atoms with Crippen LogP contribution in [0.5, 0.6) is 0 Å². The average molecular weight is 130 g/mol. The molecule has 0 rings (SSSR count). The van der Waals surface area contributed by atoms with Gasteiger partial charge < -0.3 is 16.3 Å². The van der Waals surface area contributed by atoms with Crippen LogP contribution >= 0.6 is 0 Å². The molecular formula is C6H14N2O. The number of hydrogen-bond acceptors (Lipinski definition) is 3. The van der Waals surface area contributed by atoms with Gasteiger partial charge in [0, 0.05) is 6.42 Å². The zero-order chi connectivity index (χ0) is 7.28. The van der Waals surface area contributed by atoms with Crippen LogP contribution in [0.3, 0.4) is 0 Å². The van der Waals surface area contributed by atoms with Gasteiger partial charge in [-0.1, -0.05) is 0 Å².